The predicted octanol–water partition coefficient (Wildman–Crippen LogP) is 2.10. The summed E-state index contributed by atoms with van der Waals surface area (Å²) in [5.74, 6) is 1.16. The van der Waals surface area contributed by atoms with Crippen LogP contribution in [-0.4, -0.2) is 21.1 Å². The third-order valence-corrected chi connectivity index (χ3v) is 4.28. The summed E-state index contributed by atoms with van der Waals surface area (Å²) in [6, 6.07) is 0. The molecule has 1 N–H and O–H groups in total. The van der Waals surface area contributed by atoms with Crippen molar-refractivity contribution in [3.8, 4) is 0 Å². The molecular formula is C11H19N3S. The van der Waals surface area contributed by atoms with Crippen molar-refractivity contribution in [3.05, 3.63) is 17.5 Å². The minimum atomic E-state index is 0.246. The van der Waals surface area contributed by atoms with Crippen LogP contribution in [0.3, 0.4) is 0 Å². The lowest BCUT2D eigenvalue weighted by Crippen LogP contribution is -2.36. The molecule has 1 unspecified atom stereocenters. The molecule has 84 valence electrons. The lowest BCUT2D eigenvalue weighted by atomic mass is 10.1. The highest BCUT2D eigenvalue weighted by Gasteiger charge is 2.33. The minimum absolute atomic E-state index is 0.246. The second kappa shape index (κ2) is 3.83. The third kappa shape index (κ3) is 2.21. The van der Waals surface area contributed by atoms with E-state index in [1.165, 1.54) is 11.3 Å². The van der Waals surface area contributed by atoms with Gasteiger partial charge in [-0.2, -0.15) is 5.10 Å². The molecule has 0 aliphatic carbocycles. The van der Waals surface area contributed by atoms with Gasteiger partial charge in [-0.25, -0.2) is 0 Å². The Morgan fingerprint density at radius 1 is 1.67 bits per heavy atom. The topological polar surface area (TPSA) is 29.9 Å². The van der Waals surface area contributed by atoms with Gasteiger partial charge in [-0.3, -0.25) is 10.00 Å². The van der Waals surface area contributed by atoms with Gasteiger partial charge in [0.15, 0.2) is 0 Å². The molecule has 1 aromatic rings. The Labute approximate surface area is 95.6 Å². The quantitative estimate of drug-likeness (QED) is 0.836. The van der Waals surface area contributed by atoms with Gasteiger partial charge in [-0.1, -0.05) is 6.92 Å². The smallest absolute Gasteiger partial charge is 0.0827 e. The average molecular weight is 225 g/mol. The van der Waals surface area contributed by atoms with Crippen molar-refractivity contribution >= 4 is 11.8 Å². The fourth-order valence-corrected chi connectivity index (χ4v) is 3.39. The molecule has 1 saturated heterocycles. The van der Waals surface area contributed by atoms with Gasteiger partial charge in [-0.05, 0) is 20.3 Å². The van der Waals surface area contributed by atoms with Crippen molar-refractivity contribution in [3.63, 3.8) is 0 Å². The number of aromatic nitrogens is 2. The number of aryl methyl sites for hydroxylation is 2. The van der Waals surface area contributed by atoms with Gasteiger partial charge in [-0.15, -0.1) is 11.8 Å². The van der Waals surface area contributed by atoms with Crippen LogP contribution in [-0.2, 0) is 13.5 Å². The van der Waals surface area contributed by atoms with Crippen LogP contribution in [0.25, 0.3) is 0 Å². The molecule has 1 aromatic heterocycles. The van der Waals surface area contributed by atoms with Crippen LogP contribution in [0.1, 0.15) is 37.4 Å². The molecule has 0 amide bonds. The van der Waals surface area contributed by atoms with Crippen molar-refractivity contribution in [2.75, 3.05) is 5.75 Å². The third-order valence-electron chi connectivity index (χ3n) is 2.69. The number of nitrogens with one attached hydrogen (secondary N) is 1. The first kappa shape index (κ1) is 11.0. The molecule has 15 heavy (non-hydrogen) atoms. The van der Waals surface area contributed by atoms with E-state index in [0.29, 0.717) is 5.37 Å². The fourth-order valence-electron chi connectivity index (χ4n) is 1.94. The molecule has 1 aliphatic rings. The van der Waals surface area contributed by atoms with Gasteiger partial charge in [0.1, 0.15) is 0 Å². The monoisotopic (exact) mass is 225 g/mol. The molecule has 0 spiro atoms. The molecule has 1 aliphatic heterocycles. The van der Waals surface area contributed by atoms with Crippen LogP contribution in [0.4, 0.5) is 0 Å². The molecule has 0 radical (unpaired) electrons. The van der Waals surface area contributed by atoms with Crippen LogP contribution < -0.4 is 5.32 Å². The summed E-state index contributed by atoms with van der Waals surface area (Å²) in [6.07, 6.45) is 3.15. The highest BCUT2D eigenvalue weighted by Crippen LogP contribution is 2.38. The highest BCUT2D eigenvalue weighted by molar-refractivity contribution is 7.99. The van der Waals surface area contributed by atoms with Crippen LogP contribution in [0.15, 0.2) is 6.20 Å². The van der Waals surface area contributed by atoms with E-state index in [1.54, 1.807) is 0 Å². The van der Waals surface area contributed by atoms with E-state index in [0.717, 1.165) is 12.2 Å². The van der Waals surface area contributed by atoms with Crippen molar-refractivity contribution in [2.45, 2.75) is 38.1 Å². The molecule has 3 nitrogen and oxygen atoms in total. The summed E-state index contributed by atoms with van der Waals surface area (Å²) in [5, 5.41) is 8.55. The van der Waals surface area contributed by atoms with Crippen LogP contribution in [0.5, 0.6) is 0 Å². The molecule has 1 fully saturated rings. The first-order valence-corrected chi connectivity index (χ1v) is 6.48. The first-order chi connectivity index (χ1) is 7.02. The van der Waals surface area contributed by atoms with Crippen molar-refractivity contribution in [1.82, 2.24) is 15.1 Å². The van der Waals surface area contributed by atoms with E-state index in [9.17, 15) is 0 Å². The highest BCUT2D eigenvalue weighted by atomic mass is 32.2. The van der Waals surface area contributed by atoms with E-state index in [2.05, 4.69) is 37.4 Å². The average Bonchev–Trinajstić information content (AvgIpc) is 2.68. The number of hydrogen-bond acceptors (Lipinski definition) is 3. The molecule has 0 saturated carbocycles. The van der Waals surface area contributed by atoms with E-state index >= 15 is 0 Å². The Kier molecular flexibility index (Phi) is 2.81. The van der Waals surface area contributed by atoms with Crippen molar-refractivity contribution < 1.29 is 0 Å². The minimum Gasteiger partial charge on any atom is -0.296 e. The van der Waals surface area contributed by atoms with E-state index in [-0.39, 0.29) is 5.54 Å². The zero-order valence-electron chi connectivity index (χ0n) is 9.87. The first-order valence-electron chi connectivity index (χ1n) is 5.43. The Hall–Kier alpha value is -0.480. The number of hydrogen-bond donors (Lipinski definition) is 1. The second-order valence-electron chi connectivity index (χ2n) is 4.78. The summed E-state index contributed by atoms with van der Waals surface area (Å²) in [5.41, 5.74) is 2.83. The number of thioether (sulfide) groups is 1. The Morgan fingerprint density at radius 3 is 2.93 bits per heavy atom. The fraction of sp³-hybridized carbons (Fsp3) is 0.727. The Balaban J connectivity index is 2.23. The zero-order valence-corrected chi connectivity index (χ0v) is 10.7. The summed E-state index contributed by atoms with van der Waals surface area (Å²) < 4.78 is 1.92. The van der Waals surface area contributed by atoms with Crippen LogP contribution in [0.2, 0.25) is 0 Å². The predicted molar refractivity (Wildman–Crippen MR) is 65.0 cm³/mol. The molecule has 2 heterocycles. The Morgan fingerprint density at radius 2 is 2.40 bits per heavy atom. The maximum absolute atomic E-state index is 4.48. The van der Waals surface area contributed by atoms with Crippen molar-refractivity contribution in [2.24, 2.45) is 7.05 Å². The molecular weight excluding hydrogens is 206 g/mol. The van der Waals surface area contributed by atoms with E-state index in [1.807, 2.05) is 23.5 Å². The molecule has 0 aromatic carbocycles. The maximum atomic E-state index is 4.48. The van der Waals surface area contributed by atoms with Crippen LogP contribution >= 0.6 is 11.8 Å². The summed E-state index contributed by atoms with van der Waals surface area (Å²) in [7, 11) is 1.99. The Bertz CT molecular complexity index is 357. The van der Waals surface area contributed by atoms with Crippen LogP contribution in [0, 0.1) is 0 Å². The largest absolute Gasteiger partial charge is 0.296 e. The standard InChI is InChI=1S/C11H19N3S/c1-5-9-8(6-14(4)13-9)10-12-11(2,3)7-15-10/h6,10,12H,5,7H2,1-4H3. The van der Waals surface area contributed by atoms with Crippen molar-refractivity contribution in [1.29, 1.82) is 0 Å². The molecule has 1 atom stereocenters. The molecule has 0 bridgehead atoms. The van der Waals surface area contributed by atoms with Gasteiger partial charge in [0.25, 0.3) is 0 Å². The lowest BCUT2D eigenvalue weighted by molar-refractivity contribution is 0.451. The second-order valence-corrected chi connectivity index (χ2v) is 5.87. The van der Waals surface area contributed by atoms with E-state index < -0.39 is 0 Å². The lowest BCUT2D eigenvalue weighted by Gasteiger charge is -2.18. The summed E-state index contributed by atoms with van der Waals surface area (Å²) in [6.45, 7) is 6.67. The zero-order chi connectivity index (χ0) is 11.1. The summed E-state index contributed by atoms with van der Waals surface area (Å²) >= 11 is 1.98. The SMILES string of the molecule is CCc1nn(C)cc1C1NC(C)(C)CS1. The molecule has 4 heteroatoms. The molecule has 2 rings (SSSR count). The van der Waals surface area contributed by atoms with Gasteiger partial charge in [0.05, 0.1) is 11.1 Å². The van der Waals surface area contributed by atoms with E-state index in [4.69, 9.17) is 0 Å². The van der Waals surface area contributed by atoms with Gasteiger partial charge in [0.2, 0.25) is 0 Å². The van der Waals surface area contributed by atoms with Gasteiger partial charge >= 0.3 is 0 Å². The number of nitrogens with zero attached hydrogens (tertiary/aromatic N) is 2. The van der Waals surface area contributed by atoms with Gasteiger partial charge in [0, 0.05) is 30.1 Å². The number of rotatable bonds is 2. The maximum Gasteiger partial charge on any atom is 0.0827 e. The van der Waals surface area contributed by atoms with Gasteiger partial charge < -0.3 is 0 Å². The normalized spacial score (nSPS) is 24.7. The summed E-state index contributed by atoms with van der Waals surface area (Å²) in [4.78, 5) is 0.